The van der Waals surface area contributed by atoms with Gasteiger partial charge in [-0.1, -0.05) is 18.2 Å². The molecule has 0 aromatic heterocycles. The van der Waals surface area contributed by atoms with Gasteiger partial charge in [0, 0.05) is 23.7 Å². The van der Waals surface area contributed by atoms with Crippen molar-refractivity contribution in [3.63, 3.8) is 0 Å². The van der Waals surface area contributed by atoms with Crippen molar-refractivity contribution in [1.29, 1.82) is 0 Å². The number of para-hydroxylation sites is 1. The van der Waals surface area contributed by atoms with E-state index in [-0.39, 0.29) is 12.0 Å². The lowest BCUT2D eigenvalue weighted by Crippen LogP contribution is -2.32. The van der Waals surface area contributed by atoms with Crippen molar-refractivity contribution in [3.8, 4) is 11.5 Å². The highest BCUT2D eigenvalue weighted by molar-refractivity contribution is 5.97. The first-order valence-electron chi connectivity index (χ1n) is 9.07. The van der Waals surface area contributed by atoms with Crippen LogP contribution in [-0.4, -0.2) is 24.7 Å². The monoisotopic (exact) mass is 354 g/mol. The number of rotatable bonds is 6. The van der Waals surface area contributed by atoms with Gasteiger partial charge in [0.2, 0.25) is 5.91 Å². The van der Waals surface area contributed by atoms with Gasteiger partial charge >= 0.3 is 0 Å². The Balaban J connectivity index is 1.76. The van der Waals surface area contributed by atoms with Crippen LogP contribution < -0.4 is 20.1 Å². The minimum Gasteiger partial charge on any atom is -0.492 e. The first kappa shape index (κ1) is 18.1. The molecular formula is C21H26N2O3. The van der Waals surface area contributed by atoms with Crippen LogP contribution in [0.25, 0.3) is 0 Å². The standard InChI is InChI=1S/C21H26N2O3/c1-5-25-20-11-16-10-14(3)26-19(16)12-18(20)22-15(4)21(24)23-17-9-7-6-8-13(17)2/h6-9,11-12,14-15,22H,5,10H2,1-4H3,(H,23,24). The maximum atomic E-state index is 12.6. The lowest BCUT2D eigenvalue weighted by Gasteiger charge is -2.19. The molecular weight excluding hydrogens is 328 g/mol. The number of amides is 1. The fourth-order valence-corrected chi connectivity index (χ4v) is 3.08. The van der Waals surface area contributed by atoms with Crippen LogP contribution in [0.4, 0.5) is 11.4 Å². The second-order valence-corrected chi connectivity index (χ2v) is 6.69. The molecule has 1 aliphatic rings. The zero-order valence-electron chi connectivity index (χ0n) is 15.8. The molecule has 2 atom stereocenters. The van der Waals surface area contributed by atoms with Gasteiger partial charge in [-0.2, -0.15) is 0 Å². The summed E-state index contributed by atoms with van der Waals surface area (Å²) in [7, 11) is 0. The molecule has 1 heterocycles. The van der Waals surface area contributed by atoms with Gasteiger partial charge in [0.25, 0.3) is 0 Å². The number of hydrogen-bond donors (Lipinski definition) is 2. The molecule has 3 rings (SSSR count). The van der Waals surface area contributed by atoms with Gasteiger partial charge in [-0.25, -0.2) is 0 Å². The van der Waals surface area contributed by atoms with Gasteiger partial charge in [-0.05, 0) is 45.4 Å². The maximum Gasteiger partial charge on any atom is 0.246 e. The number of fused-ring (bicyclic) bond motifs is 1. The average Bonchev–Trinajstić information content (AvgIpc) is 2.96. The summed E-state index contributed by atoms with van der Waals surface area (Å²) in [5.41, 5.74) is 3.76. The molecule has 2 N–H and O–H groups in total. The predicted molar refractivity (Wildman–Crippen MR) is 104 cm³/mol. The normalized spacial score (nSPS) is 16.4. The van der Waals surface area contributed by atoms with Crippen molar-refractivity contribution in [2.75, 3.05) is 17.2 Å². The molecule has 5 nitrogen and oxygen atoms in total. The van der Waals surface area contributed by atoms with Crippen LogP contribution in [0.2, 0.25) is 0 Å². The Hall–Kier alpha value is -2.69. The Morgan fingerprint density at radius 2 is 2.08 bits per heavy atom. The Labute approximate surface area is 154 Å². The lowest BCUT2D eigenvalue weighted by atomic mass is 10.1. The van der Waals surface area contributed by atoms with Gasteiger partial charge in [0.1, 0.15) is 23.6 Å². The largest absolute Gasteiger partial charge is 0.492 e. The summed E-state index contributed by atoms with van der Waals surface area (Å²) in [4.78, 5) is 12.6. The zero-order valence-corrected chi connectivity index (χ0v) is 15.8. The van der Waals surface area contributed by atoms with E-state index in [1.165, 1.54) is 0 Å². The molecule has 0 radical (unpaired) electrons. The first-order valence-corrected chi connectivity index (χ1v) is 9.07. The molecule has 0 saturated carbocycles. The smallest absolute Gasteiger partial charge is 0.246 e. The molecule has 0 fully saturated rings. The molecule has 1 aliphatic heterocycles. The van der Waals surface area contributed by atoms with Crippen LogP contribution in [0.3, 0.4) is 0 Å². The summed E-state index contributed by atoms with van der Waals surface area (Å²) < 4.78 is 11.6. The van der Waals surface area contributed by atoms with Gasteiger partial charge in [0.15, 0.2) is 0 Å². The number of anilines is 2. The van der Waals surface area contributed by atoms with Crippen molar-refractivity contribution in [2.45, 2.75) is 46.3 Å². The quantitative estimate of drug-likeness (QED) is 0.818. The second kappa shape index (κ2) is 7.68. The fourth-order valence-electron chi connectivity index (χ4n) is 3.08. The minimum atomic E-state index is -0.425. The van der Waals surface area contributed by atoms with Gasteiger partial charge in [-0.3, -0.25) is 4.79 Å². The van der Waals surface area contributed by atoms with E-state index < -0.39 is 6.04 Å². The van der Waals surface area contributed by atoms with Gasteiger partial charge in [0.05, 0.1) is 12.3 Å². The van der Waals surface area contributed by atoms with E-state index in [1.807, 2.05) is 64.1 Å². The van der Waals surface area contributed by atoms with Crippen LogP contribution in [0.1, 0.15) is 31.9 Å². The fraction of sp³-hybridized carbons (Fsp3) is 0.381. The van der Waals surface area contributed by atoms with E-state index in [1.54, 1.807) is 0 Å². The molecule has 26 heavy (non-hydrogen) atoms. The third-order valence-electron chi connectivity index (χ3n) is 4.47. The Morgan fingerprint density at radius 1 is 1.31 bits per heavy atom. The van der Waals surface area contributed by atoms with Crippen LogP contribution in [0.15, 0.2) is 36.4 Å². The number of ether oxygens (including phenoxy) is 2. The highest BCUT2D eigenvalue weighted by Gasteiger charge is 2.23. The summed E-state index contributed by atoms with van der Waals surface area (Å²) in [5, 5.41) is 6.23. The molecule has 1 amide bonds. The zero-order chi connectivity index (χ0) is 18.7. The van der Waals surface area contributed by atoms with E-state index in [4.69, 9.17) is 9.47 Å². The summed E-state index contributed by atoms with van der Waals surface area (Å²) in [5.74, 6) is 1.51. The topological polar surface area (TPSA) is 59.6 Å². The van der Waals surface area contributed by atoms with Crippen LogP contribution in [0.5, 0.6) is 11.5 Å². The van der Waals surface area contributed by atoms with E-state index in [0.717, 1.165) is 40.4 Å². The van der Waals surface area contributed by atoms with Crippen LogP contribution in [-0.2, 0) is 11.2 Å². The van der Waals surface area contributed by atoms with Crippen molar-refractivity contribution >= 4 is 17.3 Å². The summed E-state index contributed by atoms with van der Waals surface area (Å²) >= 11 is 0. The van der Waals surface area contributed by atoms with Crippen molar-refractivity contribution in [2.24, 2.45) is 0 Å². The number of carbonyl (C=O) groups excluding carboxylic acids is 1. The minimum absolute atomic E-state index is 0.100. The van der Waals surface area contributed by atoms with Gasteiger partial charge < -0.3 is 20.1 Å². The van der Waals surface area contributed by atoms with Crippen LogP contribution >= 0.6 is 0 Å². The Kier molecular flexibility index (Phi) is 5.35. The Bertz CT molecular complexity index is 804. The van der Waals surface area contributed by atoms with E-state index in [0.29, 0.717) is 6.61 Å². The third kappa shape index (κ3) is 3.93. The summed E-state index contributed by atoms with van der Waals surface area (Å²) in [6.07, 6.45) is 1.04. The number of carbonyl (C=O) groups is 1. The number of nitrogens with one attached hydrogen (secondary N) is 2. The summed E-state index contributed by atoms with van der Waals surface area (Å²) in [6.45, 7) is 8.36. The lowest BCUT2D eigenvalue weighted by molar-refractivity contribution is -0.116. The predicted octanol–water partition coefficient (Wildman–Crippen LogP) is 4.16. The molecule has 0 saturated heterocycles. The molecule has 0 bridgehead atoms. The summed E-state index contributed by atoms with van der Waals surface area (Å²) in [6, 6.07) is 11.2. The van der Waals surface area contributed by atoms with E-state index in [2.05, 4.69) is 10.6 Å². The SMILES string of the molecule is CCOc1cc2c(cc1NC(C)C(=O)Nc1ccccc1C)OC(C)C2. The molecule has 0 aliphatic carbocycles. The second-order valence-electron chi connectivity index (χ2n) is 6.69. The van der Waals surface area contributed by atoms with E-state index >= 15 is 0 Å². The molecule has 138 valence electrons. The number of hydrogen-bond acceptors (Lipinski definition) is 4. The average molecular weight is 354 g/mol. The molecule has 2 aromatic rings. The highest BCUT2D eigenvalue weighted by Crippen LogP contribution is 2.38. The van der Waals surface area contributed by atoms with Crippen molar-refractivity contribution < 1.29 is 14.3 Å². The molecule has 2 unspecified atom stereocenters. The molecule has 2 aromatic carbocycles. The number of aryl methyl sites for hydroxylation is 1. The first-order chi connectivity index (χ1) is 12.5. The van der Waals surface area contributed by atoms with E-state index in [9.17, 15) is 4.79 Å². The van der Waals surface area contributed by atoms with Gasteiger partial charge in [-0.15, -0.1) is 0 Å². The highest BCUT2D eigenvalue weighted by atomic mass is 16.5. The van der Waals surface area contributed by atoms with Crippen LogP contribution in [0, 0.1) is 6.92 Å². The number of benzene rings is 2. The molecule has 0 spiro atoms. The van der Waals surface area contributed by atoms with Crippen molar-refractivity contribution in [3.05, 3.63) is 47.5 Å². The maximum absolute atomic E-state index is 12.6. The molecule has 5 heteroatoms. The Morgan fingerprint density at radius 3 is 2.81 bits per heavy atom. The van der Waals surface area contributed by atoms with Crippen molar-refractivity contribution in [1.82, 2.24) is 0 Å². The third-order valence-corrected chi connectivity index (χ3v) is 4.47.